The Morgan fingerprint density at radius 3 is 2.37 bits per heavy atom. The van der Waals surface area contributed by atoms with Crippen molar-refractivity contribution in [1.82, 2.24) is 4.98 Å². The van der Waals surface area contributed by atoms with Crippen LogP contribution >= 0.6 is 0 Å². The van der Waals surface area contributed by atoms with Crippen LogP contribution in [0.4, 0.5) is 11.4 Å². The number of hydrogen-bond donors (Lipinski definition) is 1. The molecule has 1 N–H and O–H groups in total. The van der Waals surface area contributed by atoms with Gasteiger partial charge in [-0.2, -0.15) is 0 Å². The first kappa shape index (κ1) is 18.3. The molecule has 0 bridgehead atoms. The van der Waals surface area contributed by atoms with E-state index in [1.165, 1.54) is 12.5 Å². The van der Waals surface area contributed by atoms with E-state index < -0.39 is 0 Å². The van der Waals surface area contributed by atoms with Crippen molar-refractivity contribution in [3.8, 4) is 0 Å². The number of benzene rings is 2. The molecule has 2 aromatic carbocycles. The molecule has 5 heteroatoms. The fourth-order valence-electron chi connectivity index (χ4n) is 2.71. The quantitative estimate of drug-likeness (QED) is 0.671. The Morgan fingerprint density at radius 1 is 1.00 bits per heavy atom. The Balaban J connectivity index is 1.70. The lowest BCUT2D eigenvalue weighted by molar-refractivity contribution is 0.101. The molecule has 0 aliphatic carbocycles. The zero-order valence-electron chi connectivity index (χ0n) is 15.3. The molecule has 0 radical (unpaired) electrons. The summed E-state index contributed by atoms with van der Waals surface area (Å²) in [6, 6.07) is 20.6. The van der Waals surface area contributed by atoms with E-state index in [-0.39, 0.29) is 11.7 Å². The van der Waals surface area contributed by atoms with E-state index in [2.05, 4.69) is 27.3 Å². The molecule has 1 amide bonds. The van der Waals surface area contributed by atoms with Crippen molar-refractivity contribution in [3.63, 3.8) is 0 Å². The molecule has 1 aromatic heterocycles. The molecule has 27 heavy (non-hydrogen) atoms. The third-order valence-electron chi connectivity index (χ3n) is 4.23. The van der Waals surface area contributed by atoms with Gasteiger partial charge >= 0.3 is 0 Å². The standard InChI is InChI=1S/C22H21N3O2/c1-16(26)18-8-10-19(11-9-18)24-22(27)21-14-20(12-13-23-21)25(2)15-17-6-4-3-5-7-17/h3-14H,15H2,1-2H3,(H,24,27). The average molecular weight is 359 g/mol. The number of anilines is 2. The van der Waals surface area contributed by atoms with E-state index >= 15 is 0 Å². The first-order valence-electron chi connectivity index (χ1n) is 8.66. The lowest BCUT2D eigenvalue weighted by Crippen LogP contribution is -2.18. The van der Waals surface area contributed by atoms with Crippen LogP contribution in [0, 0.1) is 0 Å². The fourth-order valence-corrected chi connectivity index (χ4v) is 2.71. The molecule has 0 fully saturated rings. The second-order valence-corrected chi connectivity index (χ2v) is 6.33. The molecule has 3 rings (SSSR count). The van der Waals surface area contributed by atoms with Crippen molar-refractivity contribution in [1.29, 1.82) is 0 Å². The van der Waals surface area contributed by atoms with Crippen molar-refractivity contribution >= 4 is 23.1 Å². The van der Waals surface area contributed by atoms with Crippen LogP contribution in [0.25, 0.3) is 0 Å². The lowest BCUT2D eigenvalue weighted by atomic mass is 10.1. The van der Waals surface area contributed by atoms with E-state index in [4.69, 9.17) is 0 Å². The zero-order valence-corrected chi connectivity index (χ0v) is 15.3. The van der Waals surface area contributed by atoms with Crippen LogP contribution in [0.2, 0.25) is 0 Å². The van der Waals surface area contributed by atoms with Crippen LogP contribution in [-0.2, 0) is 6.54 Å². The van der Waals surface area contributed by atoms with Crippen molar-refractivity contribution < 1.29 is 9.59 Å². The van der Waals surface area contributed by atoms with Gasteiger partial charge in [0.2, 0.25) is 0 Å². The topological polar surface area (TPSA) is 62.3 Å². The van der Waals surface area contributed by atoms with Crippen LogP contribution < -0.4 is 10.2 Å². The maximum absolute atomic E-state index is 12.5. The third-order valence-corrected chi connectivity index (χ3v) is 4.23. The molecular formula is C22H21N3O2. The molecule has 0 atom stereocenters. The van der Waals surface area contributed by atoms with Gasteiger partial charge in [-0.15, -0.1) is 0 Å². The highest BCUT2D eigenvalue weighted by Gasteiger charge is 2.11. The Morgan fingerprint density at radius 2 is 1.70 bits per heavy atom. The number of ketones is 1. The van der Waals surface area contributed by atoms with E-state index in [1.807, 2.05) is 31.3 Å². The van der Waals surface area contributed by atoms with Crippen LogP contribution in [0.1, 0.15) is 33.3 Å². The number of Topliss-reactive ketones (excluding diaryl/α,β-unsaturated/α-hetero) is 1. The minimum absolute atomic E-state index is 0.0105. The molecule has 0 saturated carbocycles. The summed E-state index contributed by atoms with van der Waals surface area (Å²) in [7, 11) is 1.98. The van der Waals surface area contributed by atoms with Crippen molar-refractivity contribution in [3.05, 3.63) is 89.7 Å². The number of amides is 1. The Kier molecular flexibility index (Phi) is 5.61. The summed E-state index contributed by atoms with van der Waals surface area (Å²) in [6.07, 6.45) is 1.63. The minimum atomic E-state index is -0.291. The number of aromatic nitrogens is 1. The summed E-state index contributed by atoms with van der Waals surface area (Å²) in [6.45, 7) is 2.24. The molecule has 5 nitrogen and oxygen atoms in total. The summed E-state index contributed by atoms with van der Waals surface area (Å²) >= 11 is 0. The fraction of sp³-hybridized carbons (Fsp3) is 0.136. The van der Waals surface area contributed by atoms with Gasteiger partial charge < -0.3 is 10.2 Å². The largest absolute Gasteiger partial charge is 0.370 e. The lowest BCUT2D eigenvalue weighted by Gasteiger charge is -2.19. The smallest absolute Gasteiger partial charge is 0.274 e. The first-order valence-corrected chi connectivity index (χ1v) is 8.66. The van der Waals surface area contributed by atoms with E-state index in [1.54, 1.807) is 36.5 Å². The molecule has 1 heterocycles. The third kappa shape index (κ3) is 4.79. The van der Waals surface area contributed by atoms with Gasteiger partial charge in [-0.25, -0.2) is 0 Å². The molecule has 0 aliphatic heterocycles. The van der Waals surface area contributed by atoms with Crippen molar-refractivity contribution in [2.45, 2.75) is 13.5 Å². The molecule has 3 aromatic rings. The highest BCUT2D eigenvalue weighted by Crippen LogP contribution is 2.17. The predicted octanol–water partition coefficient (Wildman–Crippen LogP) is 4.17. The molecule has 0 unspecified atom stereocenters. The Hall–Kier alpha value is -3.47. The second-order valence-electron chi connectivity index (χ2n) is 6.33. The van der Waals surface area contributed by atoms with Gasteiger partial charge in [0.05, 0.1) is 0 Å². The molecule has 136 valence electrons. The predicted molar refractivity (Wildman–Crippen MR) is 107 cm³/mol. The molecule has 0 aliphatic rings. The van der Waals surface area contributed by atoms with Crippen LogP contribution in [-0.4, -0.2) is 23.7 Å². The van der Waals surface area contributed by atoms with E-state index in [0.717, 1.165) is 12.2 Å². The van der Waals surface area contributed by atoms with Gasteiger partial charge in [0.15, 0.2) is 5.78 Å². The summed E-state index contributed by atoms with van der Waals surface area (Å²) in [5.41, 5.74) is 3.66. The summed E-state index contributed by atoms with van der Waals surface area (Å²) in [4.78, 5) is 30.1. The number of nitrogens with one attached hydrogen (secondary N) is 1. The van der Waals surface area contributed by atoms with Gasteiger partial charge in [0.1, 0.15) is 5.69 Å². The van der Waals surface area contributed by atoms with Gasteiger partial charge in [-0.1, -0.05) is 30.3 Å². The van der Waals surface area contributed by atoms with Crippen LogP contribution in [0.3, 0.4) is 0 Å². The second kappa shape index (κ2) is 8.27. The summed E-state index contributed by atoms with van der Waals surface area (Å²) in [5.74, 6) is -0.302. The Bertz CT molecular complexity index is 937. The van der Waals surface area contributed by atoms with E-state index in [0.29, 0.717) is 16.9 Å². The SMILES string of the molecule is CC(=O)c1ccc(NC(=O)c2cc(N(C)Cc3ccccc3)ccn2)cc1. The number of carbonyl (C=O) groups is 2. The number of pyridine rings is 1. The van der Waals surface area contributed by atoms with Crippen molar-refractivity contribution in [2.75, 3.05) is 17.3 Å². The van der Waals surface area contributed by atoms with E-state index in [9.17, 15) is 9.59 Å². The zero-order chi connectivity index (χ0) is 19.2. The summed E-state index contributed by atoms with van der Waals surface area (Å²) in [5, 5.41) is 2.81. The number of carbonyl (C=O) groups excluding carboxylic acids is 2. The summed E-state index contributed by atoms with van der Waals surface area (Å²) < 4.78 is 0. The van der Waals surface area contributed by atoms with Crippen LogP contribution in [0.15, 0.2) is 72.9 Å². The van der Waals surface area contributed by atoms with Gasteiger partial charge in [-0.05, 0) is 48.9 Å². The first-order chi connectivity index (χ1) is 13.0. The van der Waals surface area contributed by atoms with Gasteiger partial charge in [-0.3, -0.25) is 14.6 Å². The number of rotatable bonds is 6. The average Bonchev–Trinajstić information content (AvgIpc) is 2.69. The maximum Gasteiger partial charge on any atom is 0.274 e. The van der Waals surface area contributed by atoms with Gasteiger partial charge in [0.25, 0.3) is 5.91 Å². The maximum atomic E-state index is 12.5. The number of nitrogens with zero attached hydrogens (tertiary/aromatic N) is 2. The highest BCUT2D eigenvalue weighted by molar-refractivity contribution is 6.03. The molecule has 0 saturated heterocycles. The highest BCUT2D eigenvalue weighted by atomic mass is 16.2. The van der Waals surface area contributed by atoms with Gasteiger partial charge in [0, 0.05) is 36.7 Å². The van der Waals surface area contributed by atoms with Crippen LogP contribution in [0.5, 0.6) is 0 Å². The Labute approximate surface area is 158 Å². The molecular weight excluding hydrogens is 338 g/mol. The minimum Gasteiger partial charge on any atom is -0.370 e. The van der Waals surface area contributed by atoms with Crippen molar-refractivity contribution in [2.24, 2.45) is 0 Å². The normalized spacial score (nSPS) is 10.3. The monoisotopic (exact) mass is 359 g/mol. The number of hydrogen-bond acceptors (Lipinski definition) is 4. The molecule has 0 spiro atoms.